The van der Waals surface area contributed by atoms with Gasteiger partial charge in [0.1, 0.15) is 0 Å². The second-order valence-corrected chi connectivity index (χ2v) is 13.6. The van der Waals surface area contributed by atoms with E-state index in [0.29, 0.717) is 31.7 Å². The minimum absolute atomic E-state index is 0. The van der Waals surface area contributed by atoms with E-state index in [2.05, 4.69) is 20.6 Å². The van der Waals surface area contributed by atoms with E-state index in [-0.39, 0.29) is 21.7 Å². The maximum atomic E-state index is 6.01. The number of imidazole rings is 2. The molecule has 284 valence electrons. The standard InChI is InChI=1S/2C20H12Cl2N3.2C2H6N.Ti/c2*21-15-8-4-13(5-9-15)18-19(14-6-10-16(22)11-7-14)25-20(24-18)17-3-1-2-12-23-17;2*1-3-2;/h2*1-12H;2*1-2H3;/q4*-1;+4. The third kappa shape index (κ3) is 12.7. The van der Waals surface area contributed by atoms with Crippen LogP contribution >= 0.6 is 46.4 Å². The van der Waals surface area contributed by atoms with E-state index < -0.39 is 0 Å². The van der Waals surface area contributed by atoms with Crippen LogP contribution in [-0.4, -0.2) is 48.1 Å². The smallest absolute Gasteiger partial charge is 0.668 e. The van der Waals surface area contributed by atoms with Crippen LogP contribution in [0.2, 0.25) is 20.1 Å². The van der Waals surface area contributed by atoms with Gasteiger partial charge < -0.3 is 30.6 Å². The molecule has 0 saturated carbocycles. The summed E-state index contributed by atoms with van der Waals surface area (Å²) in [6, 6.07) is 41.6. The summed E-state index contributed by atoms with van der Waals surface area (Å²) in [5.74, 6) is 1.19. The van der Waals surface area contributed by atoms with Crippen molar-refractivity contribution in [3.63, 3.8) is 0 Å². The number of hydrogen-bond donors (Lipinski definition) is 0. The van der Waals surface area contributed by atoms with E-state index in [0.717, 1.165) is 56.4 Å². The van der Waals surface area contributed by atoms with Crippen LogP contribution in [0.4, 0.5) is 0 Å². The Kier molecular flexibility index (Phi) is 18.2. The summed E-state index contributed by atoms with van der Waals surface area (Å²) in [5, 5.41) is 9.73. The molecule has 0 aliphatic rings. The van der Waals surface area contributed by atoms with Gasteiger partial charge in [-0.25, -0.2) is 0 Å². The van der Waals surface area contributed by atoms with Crippen molar-refractivity contribution in [2.75, 3.05) is 28.2 Å². The van der Waals surface area contributed by atoms with E-state index in [1.807, 2.05) is 133 Å². The van der Waals surface area contributed by atoms with Crippen molar-refractivity contribution in [2.45, 2.75) is 0 Å². The summed E-state index contributed by atoms with van der Waals surface area (Å²) in [6.45, 7) is 0. The molecule has 4 aromatic carbocycles. The third-order valence-electron chi connectivity index (χ3n) is 7.58. The number of nitrogens with zero attached hydrogens (tertiary/aromatic N) is 8. The molecule has 0 bridgehead atoms. The normalized spacial score (nSPS) is 10.1. The molecule has 0 saturated heterocycles. The second-order valence-electron chi connectivity index (χ2n) is 11.8. The zero-order valence-corrected chi connectivity index (χ0v) is 36.0. The van der Waals surface area contributed by atoms with Gasteiger partial charge >= 0.3 is 21.7 Å². The van der Waals surface area contributed by atoms with Crippen LogP contribution in [0.15, 0.2) is 146 Å². The molecule has 0 N–H and O–H groups in total. The fraction of sp³-hybridized carbons (Fsp3) is 0.0909. The predicted octanol–water partition coefficient (Wildman–Crippen LogP) is 12.7. The minimum atomic E-state index is 0. The molecule has 13 heteroatoms. The van der Waals surface area contributed by atoms with Gasteiger partial charge in [-0.05, 0) is 129 Å². The molecule has 4 aromatic heterocycles. The Labute approximate surface area is 368 Å². The number of benzene rings is 4. The molecule has 57 heavy (non-hydrogen) atoms. The molecule has 0 amide bonds. The Hall–Kier alpha value is -4.61. The molecule has 0 fully saturated rings. The van der Waals surface area contributed by atoms with Crippen molar-refractivity contribution in [1.82, 2.24) is 29.9 Å². The quantitative estimate of drug-likeness (QED) is 0.154. The molecule has 8 aromatic rings. The first kappa shape index (κ1) is 45.1. The molecule has 0 spiro atoms. The summed E-state index contributed by atoms with van der Waals surface area (Å²) < 4.78 is 0. The van der Waals surface area contributed by atoms with Crippen molar-refractivity contribution < 1.29 is 21.7 Å². The van der Waals surface area contributed by atoms with Gasteiger partial charge in [0, 0.05) is 32.5 Å². The molecule has 8 nitrogen and oxygen atoms in total. The van der Waals surface area contributed by atoms with Crippen LogP contribution in [0.3, 0.4) is 0 Å². The molecule has 0 aliphatic heterocycles. The van der Waals surface area contributed by atoms with Gasteiger partial charge in [0.05, 0.1) is 11.4 Å². The van der Waals surface area contributed by atoms with Crippen molar-refractivity contribution in [3.05, 3.63) is 177 Å². The zero-order chi connectivity index (χ0) is 39.9. The Bertz CT molecular complexity index is 2070. The summed E-state index contributed by atoms with van der Waals surface area (Å²) in [4.78, 5) is 27.6. The molecule has 0 radical (unpaired) electrons. The average Bonchev–Trinajstić information content (AvgIpc) is 3.87. The topological polar surface area (TPSA) is 108 Å². The van der Waals surface area contributed by atoms with Crippen LogP contribution in [0.5, 0.6) is 0 Å². The summed E-state index contributed by atoms with van der Waals surface area (Å²) in [5.41, 5.74) is 8.43. The molecular formula is C44H36Cl4N8Ti. The van der Waals surface area contributed by atoms with Gasteiger partial charge in [-0.1, -0.05) is 107 Å². The molecule has 0 unspecified atom stereocenters. The number of aromatic nitrogens is 6. The number of hydrogen-bond acceptors (Lipinski definition) is 4. The van der Waals surface area contributed by atoms with E-state index in [1.54, 1.807) is 40.6 Å². The molecule has 4 heterocycles. The summed E-state index contributed by atoms with van der Waals surface area (Å²) in [7, 11) is 7.00. The Morgan fingerprint density at radius 2 is 0.684 bits per heavy atom. The fourth-order valence-corrected chi connectivity index (χ4v) is 5.64. The third-order valence-corrected chi connectivity index (χ3v) is 8.59. The first-order valence-corrected chi connectivity index (χ1v) is 18.7. The monoisotopic (exact) mass is 864 g/mol. The van der Waals surface area contributed by atoms with Gasteiger partial charge in [-0.2, -0.15) is 28.2 Å². The maximum absolute atomic E-state index is 6.01. The first-order valence-electron chi connectivity index (χ1n) is 17.2. The molecule has 0 aliphatic carbocycles. The van der Waals surface area contributed by atoms with Crippen molar-refractivity contribution in [2.24, 2.45) is 0 Å². The fourth-order valence-electron chi connectivity index (χ4n) is 5.14. The number of rotatable bonds is 6. The van der Waals surface area contributed by atoms with Crippen LogP contribution in [0.25, 0.3) is 78.7 Å². The largest absolute Gasteiger partial charge is 4.00 e. The SMILES string of the molecule is C[N-]C.C[N-]C.Clc1ccc(-c2nc(-c3ccccn3)[n-]c2-c2ccc(Cl)cc2)cc1.Clc1ccc(-c2nc(-c3ccccn3)[n-]c2-c2ccc(Cl)cc2)cc1.[Ti+4]. The second kappa shape index (κ2) is 23.0. The van der Waals surface area contributed by atoms with Gasteiger partial charge in [0.2, 0.25) is 0 Å². The average molecular weight is 867 g/mol. The number of pyridine rings is 2. The molecule has 0 atom stereocenters. The number of halogens is 4. The Morgan fingerprint density at radius 1 is 0.404 bits per heavy atom. The zero-order valence-electron chi connectivity index (χ0n) is 31.4. The Morgan fingerprint density at radius 3 is 0.947 bits per heavy atom. The summed E-state index contributed by atoms with van der Waals surface area (Å²) in [6.07, 6.45) is 3.46. The Balaban J connectivity index is 0.000000219. The van der Waals surface area contributed by atoms with Gasteiger partial charge in [0.25, 0.3) is 0 Å². The predicted molar refractivity (Wildman–Crippen MR) is 234 cm³/mol. The maximum Gasteiger partial charge on any atom is 4.00 e. The first-order chi connectivity index (χ1) is 27.2. The van der Waals surface area contributed by atoms with Crippen molar-refractivity contribution in [3.8, 4) is 68.1 Å². The minimum Gasteiger partial charge on any atom is -0.668 e. The van der Waals surface area contributed by atoms with Crippen LogP contribution < -0.4 is 9.97 Å². The summed E-state index contributed by atoms with van der Waals surface area (Å²) >= 11 is 24.1. The van der Waals surface area contributed by atoms with E-state index >= 15 is 0 Å². The van der Waals surface area contributed by atoms with Crippen LogP contribution in [0, 0.1) is 0 Å². The van der Waals surface area contributed by atoms with Crippen molar-refractivity contribution in [1.29, 1.82) is 0 Å². The van der Waals surface area contributed by atoms with E-state index in [1.165, 1.54) is 0 Å². The van der Waals surface area contributed by atoms with E-state index in [4.69, 9.17) is 66.3 Å². The van der Waals surface area contributed by atoms with Gasteiger partial charge in [0.15, 0.2) is 0 Å². The molecule has 8 rings (SSSR count). The van der Waals surface area contributed by atoms with E-state index in [9.17, 15) is 0 Å². The van der Waals surface area contributed by atoms with Crippen LogP contribution in [-0.2, 0) is 21.7 Å². The van der Waals surface area contributed by atoms with Gasteiger partial charge in [-0.15, -0.1) is 0 Å². The molecular weight excluding hydrogens is 830 g/mol. The van der Waals surface area contributed by atoms with Crippen molar-refractivity contribution >= 4 is 46.4 Å². The van der Waals surface area contributed by atoms with Gasteiger partial charge in [-0.3, -0.25) is 9.97 Å². The van der Waals surface area contributed by atoms with Crippen LogP contribution in [0.1, 0.15) is 0 Å².